The van der Waals surface area contributed by atoms with E-state index < -0.39 is 0 Å². The van der Waals surface area contributed by atoms with Gasteiger partial charge in [-0.25, -0.2) is 0 Å². The Kier molecular flexibility index (Phi) is 3.40. The van der Waals surface area contributed by atoms with Gasteiger partial charge in [-0.3, -0.25) is 0 Å². The van der Waals surface area contributed by atoms with E-state index in [0.717, 1.165) is 19.5 Å². The minimum Gasteiger partial charge on any atom is -0.127 e. The Bertz CT molecular complexity index is 523. The lowest BCUT2D eigenvalue weighted by Crippen LogP contribution is -1.62. The van der Waals surface area contributed by atoms with Crippen molar-refractivity contribution in [2.24, 2.45) is 0 Å². The van der Waals surface area contributed by atoms with E-state index in [1.807, 2.05) is 36.4 Å². The van der Waals surface area contributed by atoms with Crippen LogP contribution in [-0.4, -0.2) is 0 Å². The number of thiophene rings is 2. The van der Waals surface area contributed by atoms with Crippen LogP contribution in [-0.2, 0) is 0 Å². The molecule has 0 radical (unpaired) electrons. The van der Waals surface area contributed by atoms with Crippen LogP contribution in [0.1, 0.15) is 19.5 Å². The molecule has 0 nitrogen and oxygen atoms in total. The smallest absolute Gasteiger partial charge is 0.0778 e. The molecule has 0 fully saturated rings. The molecular weight excluding hydrogens is 232 g/mol. The van der Waals surface area contributed by atoms with Crippen molar-refractivity contribution in [3.05, 3.63) is 56.9 Å². The van der Waals surface area contributed by atoms with Gasteiger partial charge in [0.15, 0.2) is 0 Å². The van der Waals surface area contributed by atoms with Crippen LogP contribution in [0.5, 0.6) is 0 Å². The van der Waals surface area contributed by atoms with Gasteiger partial charge in [0.1, 0.15) is 0 Å². The average molecular weight is 242 g/mol. The lowest BCUT2D eigenvalue weighted by Gasteiger charge is -1.79. The molecule has 2 rings (SSSR count). The summed E-state index contributed by atoms with van der Waals surface area (Å²) in [6, 6.07) is 8.12. The third-order valence-electron chi connectivity index (χ3n) is 1.96. The Morgan fingerprint density at radius 1 is 0.812 bits per heavy atom. The molecule has 78 valence electrons. The van der Waals surface area contributed by atoms with Crippen molar-refractivity contribution < 1.29 is 0 Å². The molecule has 0 unspecified atom stereocenters. The van der Waals surface area contributed by atoms with Crippen molar-refractivity contribution >= 4 is 34.8 Å². The van der Waals surface area contributed by atoms with Gasteiger partial charge >= 0.3 is 0 Å². The second-order valence-corrected chi connectivity index (χ2v) is 5.29. The molecule has 2 aromatic heterocycles. The lowest BCUT2D eigenvalue weighted by atomic mass is 10.4. The Morgan fingerprint density at radius 3 is 1.56 bits per heavy atom. The van der Waals surface area contributed by atoms with Gasteiger partial charge in [-0.2, -0.15) is 0 Å². The molecule has 0 amide bonds. The first-order chi connectivity index (χ1) is 7.81. The maximum Gasteiger partial charge on any atom is 0.0778 e. The first-order valence-corrected chi connectivity index (χ1v) is 6.41. The largest absolute Gasteiger partial charge is 0.127 e. The van der Waals surface area contributed by atoms with Gasteiger partial charge in [-0.05, 0) is 36.1 Å². The molecule has 0 aromatic carbocycles. The summed E-state index contributed by atoms with van der Waals surface area (Å²) in [7, 11) is 0. The molecule has 0 saturated carbocycles. The van der Waals surface area contributed by atoms with Gasteiger partial charge in [0.2, 0.25) is 0 Å². The number of hydrogen-bond donors (Lipinski definition) is 0. The zero-order valence-corrected chi connectivity index (χ0v) is 10.3. The normalized spacial score (nSPS) is 9.25. The molecule has 2 heterocycles. The highest BCUT2D eigenvalue weighted by Gasteiger charge is 1.94. The summed E-state index contributed by atoms with van der Waals surface area (Å²) in [4.78, 5) is 4.46. The predicted octanol–water partition coefficient (Wildman–Crippen LogP) is 4.50. The Balaban J connectivity index is 2.20. The number of hydrogen-bond acceptors (Lipinski definition) is 2. The maximum atomic E-state index is 3.73. The summed E-state index contributed by atoms with van der Waals surface area (Å²) < 4.78 is 0. The summed E-state index contributed by atoms with van der Waals surface area (Å²) in [6.07, 6.45) is 3.69. The summed E-state index contributed by atoms with van der Waals surface area (Å²) in [6.45, 7) is 7.46. The predicted molar refractivity (Wildman–Crippen MR) is 74.8 cm³/mol. The van der Waals surface area contributed by atoms with Crippen molar-refractivity contribution in [2.75, 3.05) is 0 Å². The first-order valence-electron chi connectivity index (χ1n) is 4.78. The molecule has 0 spiro atoms. The Morgan fingerprint density at radius 2 is 1.25 bits per heavy atom. The molecule has 2 aromatic rings. The fourth-order valence-electron chi connectivity index (χ4n) is 1.18. The minimum absolute atomic E-state index is 1.07. The molecule has 16 heavy (non-hydrogen) atoms. The van der Waals surface area contributed by atoms with Crippen LogP contribution in [0.15, 0.2) is 37.4 Å². The Hall–Kier alpha value is -1.56. The fraction of sp³-hybridized carbons (Fsp3) is 0. The molecular formula is C14H10S2. The van der Waals surface area contributed by atoms with E-state index in [9.17, 15) is 0 Å². The van der Waals surface area contributed by atoms with Gasteiger partial charge in [0.25, 0.3) is 0 Å². The highest BCUT2D eigenvalue weighted by Crippen LogP contribution is 2.18. The monoisotopic (exact) mass is 242 g/mol. The van der Waals surface area contributed by atoms with Crippen LogP contribution in [0.3, 0.4) is 0 Å². The molecule has 0 aliphatic rings. The van der Waals surface area contributed by atoms with Gasteiger partial charge in [0, 0.05) is 9.75 Å². The van der Waals surface area contributed by atoms with Crippen LogP contribution in [0.2, 0.25) is 0 Å². The summed E-state index contributed by atoms with van der Waals surface area (Å²) >= 11 is 3.31. The molecule has 0 saturated heterocycles. The zero-order valence-electron chi connectivity index (χ0n) is 8.69. The highest BCUT2D eigenvalue weighted by atomic mass is 32.1. The molecule has 2 heteroatoms. The number of rotatable bonds is 2. The zero-order chi connectivity index (χ0) is 11.4. The maximum absolute atomic E-state index is 3.73. The quantitative estimate of drug-likeness (QED) is 0.680. The van der Waals surface area contributed by atoms with Crippen molar-refractivity contribution in [3.63, 3.8) is 0 Å². The molecule has 0 N–H and O–H groups in total. The highest BCUT2D eigenvalue weighted by molar-refractivity contribution is 7.14. The van der Waals surface area contributed by atoms with Gasteiger partial charge < -0.3 is 0 Å². The van der Waals surface area contributed by atoms with Crippen molar-refractivity contribution in [1.82, 2.24) is 0 Å². The summed E-state index contributed by atoms with van der Waals surface area (Å²) in [5.41, 5.74) is 0. The van der Waals surface area contributed by atoms with Crippen LogP contribution < -0.4 is 0 Å². The second kappa shape index (κ2) is 4.98. The van der Waals surface area contributed by atoms with E-state index in [1.165, 1.54) is 0 Å². The average Bonchev–Trinajstić information content (AvgIpc) is 2.95. The first kappa shape index (κ1) is 10.9. The van der Waals surface area contributed by atoms with Crippen molar-refractivity contribution in [3.8, 4) is 11.8 Å². The topological polar surface area (TPSA) is 0 Å². The lowest BCUT2D eigenvalue weighted by molar-refractivity contribution is 1.88. The summed E-state index contributed by atoms with van der Waals surface area (Å²) in [5, 5.41) is 0. The molecule has 0 aliphatic carbocycles. The van der Waals surface area contributed by atoms with Crippen LogP contribution in [0.25, 0.3) is 12.2 Å². The van der Waals surface area contributed by atoms with E-state index in [1.54, 1.807) is 22.7 Å². The SMILES string of the molecule is C=Cc1ccc(C#Cc2ccc(C=C)s2)s1. The van der Waals surface area contributed by atoms with Gasteiger partial charge in [0.05, 0.1) is 9.75 Å². The third-order valence-corrected chi connectivity index (χ3v) is 3.96. The van der Waals surface area contributed by atoms with E-state index in [4.69, 9.17) is 0 Å². The van der Waals surface area contributed by atoms with Crippen LogP contribution in [0.4, 0.5) is 0 Å². The van der Waals surface area contributed by atoms with Crippen molar-refractivity contribution in [2.45, 2.75) is 0 Å². The third kappa shape index (κ3) is 2.52. The molecule has 0 atom stereocenters. The molecule has 0 bridgehead atoms. The van der Waals surface area contributed by atoms with Crippen LogP contribution >= 0.6 is 22.7 Å². The summed E-state index contributed by atoms with van der Waals surface area (Å²) in [5.74, 6) is 6.30. The van der Waals surface area contributed by atoms with E-state index in [2.05, 4.69) is 25.0 Å². The van der Waals surface area contributed by atoms with Crippen LogP contribution in [0, 0.1) is 11.8 Å². The fourth-order valence-corrected chi connectivity index (χ4v) is 2.61. The minimum atomic E-state index is 1.07. The Labute approximate surface area is 104 Å². The van der Waals surface area contributed by atoms with E-state index >= 15 is 0 Å². The van der Waals surface area contributed by atoms with E-state index in [-0.39, 0.29) is 0 Å². The second-order valence-electron chi connectivity index (χ2n) is 3.06. The van der Waals surface area contributed by atoms with Crippen molar-refractivity contribution in [1.29, 1.82) is 0 Å². The molecule has 0 aliphatic heterocycles. The van der Waals surface area contributed by atoms with Gasteiger partial charge in [-0.1, -0.05) is 25.3 Å². The standard InChI is InChI=1S/C14H10S2/c1-3-11-5-7-13(15-11)9-10-14-8-6-12(4-2)16-14/h3-8H,1-2H2. The van der Waals surface area contributed by atoms with Gasteiger partial charge in [-0.15, -0.1) is 22.7 Å². The van der Waals surface area contributed by atoms with E-state index in [0.29, 0.717) is 0 Å².